The van der Waals surface area contributed by atoms with E-state index in [0.29, 0.717) is 23.6 Å². The van der Waals surface area contributed by atoms with Crippen LogP contribution in [0.1, 0.15) is 29.2 Å². The minimum atomic E-state index is -0.493. The Morgan fingerprint density at radius 2 is 1.67 bits per heavy atom. The molecule has 0 unspecified atom stereocenters. The minimum Gasteiger partial charge on any atom is -0.494 e. The first-order valence-corrected chi connectivity index (χ1v) is 10.8. The number of ether oxygens (including phenoxy) is 1. The molecule has 5 nitrogen and oxygen atoms in total. The predicted octanol–water partition coefficient (Wildman–Crippen LogP) is 5.23. The van der Waals surface area contributed by atoms with E-state index < -0.39 is 17.6 Å². The lowest BCUT2D eigenvalue weighted by Gasteiger charge is -2.16. The summed E-state index contributed by atoms with van der Waals surface area (Å²) in [5.41, 5.74) is 3.98. The molecular weight excluding hydrogens is 419 g/mol. The normalized spacial score (nSPS) is 13.6. The minimum absolute atomic E-state index is 0.146. The zero-order valence-corrected chi connectivity index (χ0v) is 18.8. The van der Waals surface area contributed by atoms with Crippen LogP contribution in [0.3, 0.4) is 0 Å². The SMILES string of the molecule is CCOc1ccc(NC2=C(c3ccc(C)cc3C)C(=O)N(Cc3ccccc3F)C2=O)cc1. The zero-order chi connectivity index (χ0) is 23.5. The van der Waals surface area contributed by atoms with Gasteiger partial charge < -0.3 is 10.1 Å². The third kappa shape index (κ3) is 4.51. The Hall–Kier alpha value is -3.93. The number of carbonyl (C=O) groups is 2. The smallest absolute Gasteiger partial charge is 0.278 e. The van der Waals surface area contributed by atoms with Crippen molar-refractivity contribution in [1.82, 2.24) is 4.90 Å². The van der Waals surface area contributed by atoms with E-state index in [4.69, 9.17) is 4.74 Å². The first-order chi connectivity index (χ1) is 15.9. The van der Waals surface area contributed by atoms with Gasteiger partial charge in [0.25, 0.3) is 11.8 Å². The maximum atomic E-state index is 14.3. The largest absolute Gasteiger partial charge is 0.494 e. The van der Waals surface area contributed by atoms with Crippen LogP contribution in [0.5, 0.6) is 5.75 Å². The summed E-state index contributed by atoms with van der Waals surface area (Å²) in [6.45, 7) is 6.18. The van der Waals surface area contributed by atoms with Crippen LogP contribution >= 0.6 is 0 Å². The van der Waals surface area contributed by atoms with Gasteiger partial charge in [0.15, 0.2) is 0 Å². The second-order valence-electron chi connectivity index (χ2n) is 7.94. The predicted molar refractivity (Wildman–Crippen MR) is 126 cm³/mol. The number of imide groups is 1. The van der Waals surface area contributed by atoms with Crippen molar-refractivity contribution in [2.45, 2.75) is 27.3 Å². The summed E-state index contributed by atoms with van der Waals surface area (Å²) in [6, 6.07) is 19.0. The number of hydrogen-bond acceptors (Lipinski definition) is 4. The summed E-state index contributed by atoms with van der Waals surface area (Å²) in [6.07, 6.45) is 0. The quantitative estimate of drug-likeness (QED) is 0.507. The second kappa shape index (κ2) is 9.28. The van der Waals surface area contributed by atoms with Gasteiger partial charge in [0, 0.05) is 11.3 Å². The van der Waals surface area contributed by atoms with Gasteiger partial charge in [-0.3, -0.25) is 14.5 Å². The maximum Gasteiger partial charge on any atom is 0.278 e. The lowest BCUT2D eigenvalue weighted by Crippen LogP contribution is -2.32. The molecule has 1 aliphatic heterocycles. The van der Waals surface area contributed by atoms with E-state index in [0.717, 1.165) is 16.0 Å². The third-order valence-electron chi connectivity index (χ3n) is 5.54. The molecule has 1 aliphatic rings. The van der Waals surface area contributed by atoms with Gasteiger partial charge in [-0.05, 0) is 62.2 Å². The van der Waals surface area contributed by atoms with E-state index in [1.54, 1.807) is 42.5 Å². The summed E-state index contributed by atoms with van der Waals surface area (Å²) in [5.74, 6) is -0.698. The fraction of sp³-hybridized carbons (Fsp3) is 0.185. The highest BCUT2D eigenvalue weighted by atomic mass is 19.1. The average molecular weight is 445 g/mol. The Balaban J connectivity index is 1.74. The fourth-order valence-corrected chi connectivity index (χ4v) is 3.92. The molecule has 0 atom stereocenters. The fourth-order valence-electron chi connectivity index (χ4n) is 3.92. The number of amides is 2. The van der Waals surface area contributed by atoms with Crippen LogP contribution in [0.2, 0.25) is 0 Å². The molecule has 1 N–H and O–H groups in total. The summed E-state index contributed by atoms with van der Waals surface area (Å²) in [5, 5.41) is 3.13. The molecule has 0 bridgehead atoms. The number of hydrogen-bond donors (Lipinski definition) is 1. The first-order valence-electron chi connectivity index (χ1n) is 10.8. The van der Waals surface area contributed by atoms with Crippen molar-refractivity contribution < 1.29 is 18.7 Å². The molecule has 1 heterocycles. The van der Waals surface area contributed by atoms with Gasteiger partial charge in [0.1, 0.15) is 17.3 Å². The van der Waals surface area contributed by atoms with Gasteiger partial charge in [-0.2, -0.15) is 0 Å². The van der Waals surface area contributed by atoms with Crippen molar-refractivity contribution in [2.24, 2.45) is 0 Å². The van der Waals surface area contributed by atoms with Gasteiger partial charge in [-0.1, -0.05) is 42.0 Å². The lowest BCUT2D eigenvalue weighted by atomic mass is 9.97. The Morgan fingerprint density at radius 3 is 2.33 bits per heavy atom. The number of rotatable bonds is 7. The summed E-state index contributed by atoms with van der Waals surface area (Å²) < 4.78 is 19.8. The summed E-state index contributed by atoms with van der Waals surface area (Å²) in [7, 11) is 0. The number of benzene rings is 3. The number of aryl methyl sites for hydroxylation is 2. The molecule has 0 aliphatic carbocycles. The molecule has 4 rings (SSSR count). The molecule has 2 amide bonds. The van der Waals surface area contributed by atoms with Crippen molar-refractivity contribution in [3.63, 3.8) is 0 Å². The van der Waals surface area contributed by atoms with Crippen LogP contribution in [0, 0.1) is 19.7 Å². The first kappa shape index (κ1) is 22.3. The number of nitrogens with zero attached hydrogens (tertiary/aromatic N) is 1. The zero-order valence-electron chi connectivity index (χ0n) is 18.8. The molecular formula is C27H25FN2O3. The summed E-state index contributed by atoms with van der Waals surface area (Å²) >= 11 is 0. The number of anilines is 1. The van der Waals surface area contributed by atoms with E-state index in [2.05, 4.69) is 5.32 Å². The molecule has 0 spiro atoms. The Morgan fingerprint density at radius 1 is 0.939 bits per heavy atom. The highest BCUT2D eigenvalue weighted by Gasteiger charge is 2.40. The van der Waals surface area contributed by atoms with Crippen LogP contribution in [-0.4, -0.2) is 23.3 Å². The van der Waals surface area contributed by atoms with Crippen molar-refractivity contribution in [1.29, 1.82) is 0 Å². The van der Waals surface area contributed by atoms with Crippen LogP contribution in [0.4, 0.5) is 10.1 Å². The van der Waals surface area contributed by atoms with Gasteiger partial charge >= 0.3 is 0 Å². The van der Waals surface area contributed by atoms with E-state index >= 15 is 0 Å². The molecule has 3 aromatic rings. The highest BCUT2D eigenvalue weighted by Crippen LogP contribution is 2.34. The topological polar surface area (TPSA) is 58.6 Å². The molecule has 0 aromatic heterocycles. The van der Waals surface area contributed by atoms with Gasteiger partial charge in [0.05, 0.1) is 18.7 Å². The standard InChI is InChI=1S/C27H25FN2O3/c1-4-33-21-12-10-20(11-13-21)29-25-24(22-14-9-17(2)15-18(22)3)26(31)30(27(25)32)16-19-7-5-6-8-23(19)28/h5-15,29H,4,16H2,1-3H3. The Kier molecular flexibility index (Phi) is 6.27. The van der Waals surface area contributed by atoms with Crippen molar-refractivity contribution in [3.8, 4) is 5.75 Å². The average Bonchev–Trinajstić information content (AvgIpc) is 3.01. The summed E-state index contributed by atoms with van der Waals surface area (Å²) in [4.78, 5) is 28.0. The highest BCUT2D eigenvalue weighted by molar-refractivity contribution is 6.36. The van der Waals surface area contributed by atoms with Gasteiger partial charge in [-0.15, -0.1) is 0 Å². The molecule has 33 heavy (non-hydrogen) atoms. The second-order valence-corrected chi connectivity index (χ2v) is 7.94. The monoisotopic (exact) mass is 444 g/mol. The van der Waals surface area contributed by atoms with Crippen LogP contribution in [0.15, 0.2) is 72.4 Å². The molecule has 0 saturated carbocycles. The van der Waals surface area contributed by atoms with Crippen molar-refractivity contribution >= 4 is 23.1 Å². The van der Waals surface area contributed by atoms with Crippen molar-refractivity contribution in [3.05, 3.63) is 100 Å². The van der Waals surface area contributed by atoms with Gasteiger partial charge in [-0.25, -0.2) is 4.39 Å². The lowest BCUT2D eigenvalue weighted by molar-refractivity contribution is -0.137. The van der Waals surface area contributed by atoms with E-state index in [1.165, 1.54) is 6.07 Å². The molecule has 0 saturated heterocycles. The van der Waals surface area contributed by atoms with E-state index in [1.807, 2.05) is 39.0 Å². The molecule has 0 radical (unpaired) electrons. The third-order valence-corrected chi connectivity index (χ3v) is 5.54. The molecule has 0 fully saturated rings. The number of carbonyl (C=O) groups excluding carboxylic acids is 2. The molecule has 3 aromatic carbocycles. The van der Waals surface area contributed by atoms with Crippen LogP contribution in [-0.2, 0) is 16.1 Å². The van der Waals surface area contributed by atoms with Gasteiger partial charge in [0.2, 0.25) is 0 Å². The maximum absolute atomic E-state index is 14.3. The Bertz CT molecular complexity index is 1250. The van der Waals surface area contributed by atoms with E-state index in [9.17, 15) is 14.0 Å². The molecule has 6 heteroatoms. The van der Waals surface area contributed by atoms with Crippen molar-refractivity contribution in [2.75, 3.05) is 11.9 Å². The Labute approximate surface area is 192 Å². The number of nitrogens with one attached hydrogen (secondary N) is 1. The number of halogens is 1. The van der Waals surface area contributed by atoms with Crippen LogP contribution < -0.4 is 10.1 Å². The van der Waals surface area contributed by atoms with E-state index in [-0.39, 0.29) is 23.4 Å². The van der Waals surface area contributed by atoms with Crippen LogP contribution in [0.25, 0.3) is 5.57 Å². The molecule has 168 valence electrons.